The van der Waals surface area contributed by atoms with E-state index in [1.165, 1.54) is 70.8 Å². The molecule has 2 heterocycles. The predicted octanol–water partition coefficient (Wildman–Crippen LogP) is 11.2. The van der Waals surface area contributed by atoms with Gasteiger partial charge in [0.15, 0.2) is 0 Å². The van der Waals surface area contributed by atoms with E-state index < -0.39 is 0 Å². The zero-order chi connectivity index (χ0) is 29.4. The van der Waals surface area contributed by atoms with Crippen LogP contribution >= 0.6 is 0 Å². The van der Waals surface area contributed by atoms with Gasteiger partial charge in [0.05, 0.1) is 16.7 Å². The monoisotopic (exact) mass is 564 g/mol. The highest BCUT2D eigenvalue weighted by Gasteiger charge is 2.22. The zero-order valence-corrected chi connectivity index (χ0v) is 24.5. The Hall–Kier alpha value is -5.67. The number of aromatic nitrogens is 2. The van der Waals surface area contributed by atoms with E-state index in [9.17, 15) is 0 Å². The van der Waals surface area contributed by atoms with Crippen LogP contribution in [0.25, 0.3) is 82.1 Å². The molecule has 3 heteroatoms. The number of rotatable bonds is 3. The van der Waals surface area contributed by atoms with Crippen molar-refractivity contribution in [2.24, 2.45) is 0 Å². The molecule has 9 rings (SSSR count). The number of hydrogen-bond donors (Lipinski definition) is 0. The summed E-state index contributed by atoms with van der Waals surface area (Å²) in [7, 11) is 0. The molecule has 0 fully saturated rings. The van der Waals surface area contributed by atoms with Crippen LogP contribution in [0.15, 0.2) is 138 Å². The van der Waals surface area contributed by atoms with Crippen molar-refractivity contribution in [3.63, 3.8) is 0 Å². The molecule has 0 N–H and O–H groups in total. The Morgan fingerprint density at radius 3 is 1.75 bits per heavy atom. The quantitative estimate of drug-likeness (QED) is 0.200. The molecule has 2 aromatic heterocycles. The van der Waals surface area contributed by atoms with Crippen LogP contribution in [0.1, 0.15) is 11.5 Å². The van der Waals surface area contributed by atoms with E-state index >= 15 is 0 Å². The Kier molecular flexibility index (Phi) is 5.33. The summed E-state index contributed by atoms with van der Waals surface area (Å²) in [4.78, 5) is 0. The molecule has 0 saturated heterocycles. The van der Waals surface area contributed by atoms with Crippen molar-refractivity contribution in [3.05, 3.63) is 145 Å². The number of para-hydroxylation sites is 1. The Morgan fingerprint density at radius 2 is 1.09 bits per heavy atom. The van der Waals surface area contributed by atoms with Gasteiger partial charge >= 0.3 is 0 Å². The molecule has 44 heavy (non-hydrogen) atoms. The van der Waals surface area contributed by atoms with Crippen molar-refractivity contribution < 1.29 is 4.52 Å². The van der Waals surface area contributed by atoms with Gasteiger partial charge in [-0.05, 0) is 87.6 Å². The molecular weight excluding hydrogens is 536 g/mol. The van der Waals surface area contributed by atoms with Crippen molar-refractivity contribution >= 4 is 54.1 Å². The SMILES string of the molecule is Cc1noc(C)c1-c1c2ccccc2c(-c2ccc3c(c2)c2c4ccccc4ccc2n3-c2ccccc2)c2ccccc12. The average molecular weight is 565 g/mol. The molecule has 0 aliphatic rings. The molecule has 3 nitrogen and oxygen atoms in total. The molecule has 0 saturated carbocycles. The highest BCUT2D eigenvalue weighted by molar-refractivity contribution is 6.25. The van der Waals surface area contributed by atoms with E-state index in [0.29, 0.717) is 0 Å². The Balaban J connectivity index is 1.43. The minimum absolute atomic E-state index is 0.840. The fourth-order valence-corrected chi connectivity index (χ4v) is 7.35. The lowest BCUT2D eigenvalue weighted by Gasteiger charge is -2.17. The third-order valence-electron chi connectivity index (χ3n) is 9.17. The van der Waals surface area contributed by atoms with E-state index in [1.807, 2.05) is 13.8 Å². The van der Waals surface area contributed by atoms with Gasteiger partial charge in [-0.15, -0.1) is 0 Å². The number of aryl methyl sites for hydroxylation is 2. The second-order valence-corrected chi connectivity index (χ2v) is 11.6. The Labute approximate surface area is 254 Å². The van der Waals surface area contributed by atoms with Gasteiger partial charge in [-0.1, -0.05) is 108 Å². The van der Waals surface area contributed by atoms with E-state index in [-0.39, 0.29) is 0 Å². The number of hydrogen-bond acceptors (Lipinski definition) is 2. The van der Waals surface area contributed by atoms with Gasteiger partial charge in [-0.2, -0.15) is 0 Å². The van der Waals surface area contributed by atoms with Crippen molar-refractivity contribution in [2.75, 3.05) is 0 Å². The van der Waals surface area contributed by atoms with Crippen LogP contribution in [-0.2, 0) is 0 Å². The molecule has 0 radical (unpaired) electrons. The lowest BCUT2D eigenvalue weighted by Crippen LogP contribution is -1.94. The van der Waals surface area contributed by atoms with Gasteiger partial charge in [0.2, 0.25) is 0 Å². The molecular formula is C41H28N2O. The van der Waals surface area contributed by atoms with Gasteiger partial charge in [0, 0.05) is 27.6 Å². The molecule has 0 atom stereocenters. The second kappa shape index (κ2) is 9.42. The summed E-state index contributed by atoms with van der Waals surface area (Å²) in [6.45, 7) is 4.04. The van der Waals surface area contributed by atoms with Crippen molar-refractivity contribution in [1.29, 1.82) is 0 Å². The second-order valence-electron chi connectivity index (χ2n) is 11.6. The minimum Gasteiger partial charge on any atom is -0.361 e. The number of fused-ring (bicyclic) bond motifs is 7. The number of nitrogens with zero attached hydrogens (tertiary/aromatic N) is 2. The Morgan fingerprint density at radius 1 is 0.500 bits per heavy atom. The normalized spacial score (nSPS) is 11.9. The highest BCUT2D eigenvalue weighted by Crippen LogP contribution is 2.46. The fourth-order valence-electron chi connectivity index (χ4n) is 7.35. The first kappa shape index (κ1) is 24.9. The molecule has 0 aliphatic carbocycles. The third-order valence-corrected chi connectivity index (χ3v) is 9.17. The smallest absolute Gasteiger partial charge is 0.141 e. The number of benzene rings is 7. The molecule has 7 aromatic carbocycles. The lowest BCUT2D eigenvalue weighted by molar-refractivity contribution is 0.393. The van der Waals surface area contributed by atoms with Crippen LogP contribution in [0.2, 0.25) is 0 Å². The van der Waals surface area contributed by atoms with Crippen molar-refractivity contribution in [2.45, 2.75) is 13.8 Å². The van der Waals surface area contributed by atoms with Crippen LogP contribution in [0.4, 0.5) is 0 Å². The first-order valence-electron chi connectivity index (χ1n) is 15.1. The first-order chi connectivity index (χ1) is 21.7. The van der Waals surface area contributed by atoms with Gasteiger partial charge in [-0.3, -0.25) is 0 Å². The standard InChI is InChI=1S/C41H28N2O/c1-25-38(26(2)44-42-25)41-33-18-10-8-16-31(33)39(32-17-9-11-19-34(32)41)28-21-22-36-35(24-28)40-30-15-7-6-12-27(30)20-23-37(40)43(36)29-13-4-3-5-14-29/h3-24H,1-2H3. The maximum Gasteiger partial charge on any atom is 0.141 e. The van der Waals surface area contributed by atoms with Gasteiger partial charge in [0.1, 0.15) is 5.76 Å². The van der Waals surface area contributed by atoms with Gasteiger partial charge in [-0.25, -0.2) is 0 Å². The van der Waals surface area contributed by atoms with Gasteiger partial charge in [0.25, 0.3) is 0 Å². The highest BCUT2D eigenvalue weighted by atomic mass is 16.5. The Bertz CT molecular complexity index is 2490. The molecule has 208 valence electrons. The third kappa shape index (κ3) is 3.47. The van der Waals surface area contributed by atoms with Gasteiger partial charge < -0.3 is 9.09 Å². The van der Waals surface area contributed by atoms with Crippen LogP contribution in [0.5, 0.6) is 0 Å². The van der Waals surface area contributed by atoms with Crippen molar-refractivity contribution in [3.8, 4) is 27.9 Å². The lowest BCUT2D eigenvalue weighted by atomic mass is 9.85. The zero-order valence-electron chi connectivity index (χ0n) is 24.5. The molecule has 0 unspecified atom stereocenters. The van der Waals surface area contributed by atoms with Crippen LogP contribution in [-0.4, -0.2) is 9.72 Å². The average Bonchev–Trinajstić information content (AvgIpc) is 3.59. The van der Waals surface area contributed by atoms with Crippen LogP contribution in [0.3, 0.4) is 0 Å². The summed E-state index contributed by atoms with van der Waals surface area (Å²) in [5.74, 6) is 0.840. The molecule has 9 aromatic rings. The molecule has 0 amide bonds. The first-order valence-corrected chi connectivity index (χ1v) is 15.1. The fraction of sp³-hybridized carbons (Fsp3) is 0.0488. The summed E-state index contributed by atoms with van der Waals surface area (Å²) in [5.41, 5.74) is 9.20. The summed E-state index contributed by atoms with van der Waals surface area (Å²) < 4.78 is 8.07. The molecule has 0 aliphatic heterocycles. The predicted molar refractivity (Wildman–Crippen MR) is 184 cm³/mol. The van der Waals surface area contributed by atoms with E-state index in [2.05, 4.69) is 143 Å². The largest absolute Gasteiger partial charge is 0.361 e. The molecule has 0 spiro atoms. The molecule has 0 bridgehead atoms. The topological polar surface area (TPSA) is 31.0 Å². The summed E-state index contributed by atoms with van der Waals surface area (Å²) in [5, 5.41) is 14.2. The van der Waals surface area contributed by atoms with Crippen LogP contribution in [0, 0.1) is 13.8 Å². The van der Waals surface area contributed by atoms with E-state index in [0.717, 1.165) is 22.7 Å². The van der Waals surface area contributed by atoms with Crippen LogP contribution < -0.4 is 0 Å². The maximum atomic E-state index is 5.67. The maximum absolute atomic E-state index is 5.67. The summed E-state index contributed by atoms with van der Waals surface area (Å²) in [6.07, 6.45) is 0. The van der Waals surface area contributed by atoms with E-state index in [1.54, 1.807) is 0 Å². The minimum atomic E-state index is 0.840. The summed E-state index contributed by atoms with van der Waals surface area (Å²) >= 11 is 0. The van der Waals surface area contributed by atoms with Crippen molar-refractivity contribution in [1.82, 2.24) is 9.72 Å². The van der Waals surface area contributed by atoms with E-state index in [4.69, 9.17) is 4.52 Å². The summed E-state index contributed by atoms with van der Waals surface area (Å²) in [6, 6.07) is 48.5.